The Balaban J connectivity index is 1.69. The number of rotatable bonds is 5. The number of benzene rings is 1. The first-order chi connectivity index (χ1) is 14.9. The van der Waals surface area contributed by atoms with E-state index >= 15 is 0 Å². The van der Waals surface area contributed by atoms with E-state index in [0.29, 0.717) is 23.9 Å². The Morgan fingerprint density at radius 1 is 1.06 bits per heavy atom. The zero-order valence-electron chi connectivity index (χ0n) is 16.0. The summed E-state index contributed by atoms with van der Waals surface area (Å²) in [5, 5.41) is 13.4. The highest BCUT2D eigenvalue weighted by atomic mass is 32.1. The van der Waals surface area contributed by atoms with E-state index in [2.05, 4.69) is 25.0 Å². The smallest absolute Gasteiger partial charge is 0.405 e. The predicted octanol–water partition coefficient (Wildman–Crippen LogP) is 5.63. The van der Waals surface area contributed by atoms with Crippen molar-refractivity contribution in [2.24, 2.45) is 0 Å². The average Bonchev–Trinajstić information content (AvgIpc) is 3.16. The minimum atomic E-state index is -4.96. The van der Waals surface area contributed by atoms with Gasteiger partial charge in [-0.25, -0.2) is 15.0 Å². The van der Waals surface area contributed by atoms with Gasteiger partial charge in [-0.2, -0.15) is 13.2 Å². The van der Waals surface area contributed by atoms with Gasteiger partial charge in [0.15, 0.2) is 0 Å². The quantitative estimate of drug-likeness (QED) is 0.465. The van der Waals surface area contributed by atoms with Gasteiger partial charge in [0.05, 0.1) is 4.88 Å². The highest BCUT2D eigenvalue weighted by molar-refractivity contribution is 7.15. The highest BCUT2D eigenvalue weighted by Gasteiger charge is 2.39. The molecule has 32 heavy (non-hydrogen) atoms. The normalized spacial score (nSPS) is 15.8. The maximum absolute atomic E-state index is 12.9. The molecular weight excluding hydrogens is 462 g/mol. The van der Waals surface area contributed by atoms with E-state index in [4.69, 9.17) is 0 Å². The van der Waals surface area contributed by atoms with Gasteiger partial charge >= 0.3 is 12.5 Å². The summed E-state index contributed by atoms with van der Waals surface area (Å²) in [6.07, 6.45) is -5.61. The average molecular weight is 476 g/mol. The van der Waals surface area contributed by atoms with Crippen LogP contribution in [0.1, 0.15) is 30.0 Å². The van der Waals surface area contributed by atoms with Crippen molar-refractivity contribution < 1.29 is 36.2 Å². The van der Waals surface area contributed by atoms with Gasteiger partial charge in [-0.1, -0.05) is 0 Å². The largest absolute Gasteiger partial charge is 0.573 e. The highest BCUT2D eigenvalue weighted by Crippen LogP contribution is 2.46. The SMILES string of the molecule is OC1(c2ncc(-c3cc(Nc4nccc(C(F)(F)F)n4)ccc3OC(F)(F)F)s2)CCC1. The van der Waals surface area contributed by atoms with Gasteiger partial charge in [-0.15, -0.1) is 24.5 Å². The molecule has 2 aromatic heterocycles. The van der Waals surface area contributed by atoms with Crippen molar-refractivity contribution in [2.75, 3.05) is 5.32 Å². The van der Waals surface area contributed by atoms with E-state index in [0.717, 1.165) is 30.0 Å². The van der Waals surface area contributed by atoms with Crippen LogP contribution in [0, 0.1) is 0 Å². The third-order valence-corrected chi connectivity index (χ3v) is 5.98. The van der Waals surface area contributed by atoms with Gasteiger partial charge < -0.3 is 15.2 Å². The number of ether oxygens (including phenoxy) is 1. The molecule has 1 saturated carbocycles. The summed E-state index contributed by atoms with van der Waals surface area (Å²) in [7, 11) is 0. The number of nitrogens with zero attached hydrogens (tertiary/aromatic N) is 3. The number of alkyl halides is 6. The molecule has 1 aromatic carbocycles. The predicted molar refractivity (Wildman–Crippen MR) is 102 cm³/mol. The van der Waals surface area contributed by atoms with E-state index in [1.165, 1.54) is 18.3 Å². The number of aromatic nitrogens is 3. The molecular formula is C19H14F6N4O2S. The molecule has 1 aliphatic rings. The Hall–Kier alpha value is -2.93. The van der Waals surface area contributed by atoms with Crippen LogP contribution in [0.2, 0.25) is 0 Å². The molecule has 0 spiro atoms. The lowest BCUT2D eigenvalue weighted by Gasteiger charge is -2.34. The summed E-state index contributed by atoms with van der Waals surface area (Å²) in [4.78, 5) is 11.5. The number of hydrogen-bond acceptors (Lipinski definition) is 7. The van der Waals surface area contributed by atoms with Crippen LogP contribution in [0.25, 0.3) is 10.4 Å². The van der Waals surface area contributed by atoms with Crippen molar-refractivity contribution in [1.82, 2.24) is 15.0 Å². The molecule has 0 bridgehead atoms. The van der Waals surface area contributed by atoms with E-state index < -0.39 is 29.6 Å². The molecule has 0 atom stereocenters. The second-order valence-corrected chi connectivity index (χ2v) is 8.09. The lowest BCUT2D eigenvalue weighted by Crippen LogP contribution is -2.33. The molecule has 2 N–H and O–H groups in total. The van der Waals surface area contributed by atoms with Crippen LogP contribution >= 0.6 is 11.3 Å². The van der Waals surface area contributed by atoms with Crippen molar-refractivity contribution >= 4 is 23.0 Å². The van der Waals surface area contributed by atoms with Crippen LogP contribution in [-0.4, -0.2) is 26.4 Å². The van der Waals surface area contributed by atoms with Gasteiger partial charge in [-0.05, 0) is 43.5 Å². The Kier molecular flexibility index (Phi) is 5.49. The van der Waals surface area contributed by atoms with Crippen molar-refractivity contribution in [3.05, 3.63) is 47.4 Å². The molecule has 4 rings (SSSR count). The molecule has 0 saturated heterocycles. The summed E-state index contributed by atoms with van der Waals surface area (Å²) >= 11 is 1.01. The third-order valence-electron chi connectivity index (χ3n) is 4.76. The Bertz CT molecular complexity index is 1130. The molecule has 6 nitrogen and oxygen atoms in total. The Labute approximate surface area is 180 Å². The standard InChI is InChI=1S/C19H14F6N4O2S/c20-18(21,22)14-4-7-26-16(29-14)28-10-2-3-12(31-19(23,24)25)11(8-10)13-9-27-15(32-13)17(30)5-1-6-17/h2-4,7-9,30H,1,5-6H2,(H,26,28,29). The zero-order chi connectivity index (χ0) is 23.1. The number of thiazole rings is 1. The summed E-state index contributed by atoms with van der Waals surface area (Å²) in [6, 6.07) is 4.17. The van der Waals surface area contributed by atoms with Crippen LogP contribution < -0.4 is 10.1 Å². The molecule has 0 unspecified atom stereocenters. The van der Waals surface area contributed by atoms with Crippen molar-refractivity contribution in [3.63, 3.8) is 0 Å². The van der Waals surface area contributed by atoms with E-state index in [-0.39, 0.29) is 22.1 Å². The third kappa shape index (κ3) is 4.78. The van der Waals surface area contributed by atoms with Gasteiger partial charge in [0.2, 0.25) is 5.95 Å². The van der Waals surface area contributed by atoms with Gasteiger partial charge in [-0.3, -0.25) is 0 Å². The molecule has 0 radical (unpaired) electrons. The summed E-state index contributed by atoms with van der Waals surface area (Å²) < 4.78 is 81.4. The summed E-state index contributed by atoms with van der Waals surface area (Å²) in [6.45, 7) is 0. The fourth-order valence-corrected chi connectivity index (χ4v) is 4.14. The Morgan fingerprint density at radius 2 is 1.81 bits per heavy atom. The van der Waals surface area contributed by atoms with Gasteiger partial charge in [0, 0.05) is 23.6 Å². The maximum Gasteiger partial charge on any atom is 0.573 e. The second-order valence-electron chi connectivity index (χ2n) is 7.06. The number of halogens is 6. The molecule has 13 heteroatoms. The first-order valence-corrected chi connectivity index (χ1v) is 10.0. The molecule has 0 aliphatic heterocycles. The lowest BCUT2D eigenvalue weighted by molar-refractivity contribution is -0.274. The fourth-order valence-electron chi connectivity index (χ4n) is 3.06. The van der Waals surface area contributed by atoms with Crippen LogP contribution in [0.5, 0.6) is 5.75 Å². The van der Waals surface area contributed by atoms with Crippen molar-refractivity contribution in [2.45, 2.75) is 37.4 Å². The lowest BCUT2D eigenvalue weighted by atomic mass is 9.81. The number of nitrogens with one attached hydrogen (secondary N) is 1. The topological polar surface area (TPSA) is 80.2 Å². The van der Waals surface area contributed by atoms with Gasteiger partial charge in [0.25, 0.3) is 0 Å². The van der Waals surface area contributed by atoms with Crippen LogP contribution in [0.15, 0.2) is 36.7 Å². The summed E-state index contributed by atoms with van der Waals surface area (Å²) in [5.74, 6) is -0.909. The van der Waals surface area contributed by atoms with Crippen LogP contribution in [-0.2, 0) is 11.8 Å². The fraction of sp³-hybridized carbons (Fsp3) is 0.316. The molecule has 170 valence electrons. The Morgan fingerprint density at radius 3 is 2.44 bits per heavy atom. The van der Waals surface area contributed by atoms with Crippen LogP contribution in [0.4, 0.5) is 38.0 Å². The molecule has 2 heterocycles. The first-order valence-electron chi connectivity index (χ1n) is 9.19. The van der Waals surface area contributed by atoms with Crippen molar-refractivity contribution in [3.8, 4) is 16.2 Å². The minimum Gasteiger partial charge on any atom is -0.405 e. The molecule has 0 amide bonds. The maximum atomic E-state index is 12.9. The number of anilines is 2. The minimum absolute atomic E-state index is 0.00836. The second kappa shape index (κ2) is 7.89. The van der Waals surface area contributed by atoms with Crippen molar-refractivity contribution in [1.29, 1.82) is 0 Å². The van der Waals surface area contributed by atoms with Gasteiger partial charge in [0.1, 0.15) is 22.1 Å². The molecule has 1 aliphatic carbocycles. The first kappa shape index (κ1) is 22.3. The number of aliphatic hydroxyl groups is 1. The monoisotopic (exact) mass is 476 g/mol. The van der Waals surface area contributed by atoms with Crippen LogP contribution in [0.3, 0.4) is 0 Å². The van der Waals surface area contributed by atoms with E-state index in [1.807, 2.05) is 0 Å². The molecule has 3 aromatic rings. The van der Waals surface area contributed by atoms with E-state index in [1.54, 1.807) is 0 Å². The summed E-state index contributed by atoms with van der Waals surface area (Å²) in [5.41, 5.74) is -2.15. The van der Waals surface area contributed by atoms with E-state index in [9.17, 15) is 31.4 Å². The molecule has 1 fully saturated rings. The number of hydrogen-bond donors (Lipinski definition) is 2. The zero-order valence-corrected chi connectivity index (χ0v) is 16.8.